The van der Waals surface area contributed by atoms with E-state index in [2.05, 4.69) is 143 Å². The molecule has 70 heavy (non-hydrogen) atoms. The Balaban J connectivity index is 0.000000280. The maximum atomic E-state index is 4.28. The molecule has 0 saturated carbocycles. The lowest BCUT2D eigenvalue weighted by Gasteiger charge is -1.98. The molecule has 362 valence electrons. The average Bonchev–Trinajstić information content (AvgIpc) is 4.29. The van der Waals surface area contributed by atoms with Crippen LogP contribution >= 0.6 is 22.7 Å². The minimum Gasteiger partial charge on any atom is -0.261 e. The number of allylic oxidation sites excluding steroid dienone is 9. The van der Waals surface area contributed by atoms with E-state index in [-0.39, 0.29) is 0 Å². The first-order chi connectivity index (χ1) is 34.4. The molecule has 0 spiro atoms. The van der Waals surface area contributed by atoms with Crippen LogP contribution in [0.5, 0.6) is 0 Å². The molecule has 0 aliphatic carbocycles. The highest BCUT2D eigenvalue weighted by molar-refractivity contribution is 7.17. The second kappa shape index (κ2) is 38.8. The van der Waals surface area contributed by atoms with E-state index < -0.39 is 0 Å². The number of aromatic nitrogens is 2. The normalized spacial score (nSPS) is 11.1. The highest BCUT2D eigenvalue weighted by Gasteiger charge is 2.05. The summed E-state index contributed by atoms with van der Waals surface area (Å²) < 4.78 is 2.52. The molecule has 0 amide bonds. The fraction of sp³-hybridized carbons (Fsp3) is 0.188. The van der Waals surface area contributed by atoms with E-state index in [0.29, 0.717) is 0 Å². The summed E-state index contributed by atoms with van der Waals surface area (Å²) in [6.45, 7) is 21.6. The summed E-state index contributed by atoms with van der Waals surface area (Å²) in [5, 5.41) is 0. The third kappa shape index (κ3) is 24.2. The van der Waals surface area contributed by atoms with Gasteiger partial charge in [0.1, 0.15) is 0 Å². The van der Waals surface area contributed by atoms with Crippen molar-refractivity contribution in [3.8, 4) is 11.1 Å². The third-order valence-corrected chi connectivity index (χ3v) is 11.3. The van der Waals surface area contributed by atoms with Gasteiger partial charge in [-0.25, -0.2) is 9.97 Å². The summed E-state index contributed by atoms with van der Waals surface area (Å²) in [7, 11) is 0. The molecule has 2 aliphatic heterocycles. The Kier molecular flexibility index (Phi) is 32.7. The molecule has 0 saturated heterocycles. The lowest BCUT2D eigenvalue weighted by atomic mass is 10.1. The highest BCUT2D eigenvalue weighted by atomic mass is 32.1. The van der Waals surface area contributed by atoms with Crippen LogP contribution in [0.15, 0.2) is 228 Å². The van der Waals surface area contributed by atoms with Gasteiger partial charge in [-0.3, -0.25) is 9.98 Å². The Morgan fingerprint density at radius 2 is 0.871 bits per heavy atom. The summed E-state index contributed by atoms with van der Waals surface area (Å²) in [6.07, 6.45) is 29.1. The van der Waals surface area contributed by atoms with Gasteiger partial charge in [-0.1, -0.05) is 183 Å². The van der Waals surface area contributed by atoms with Crippen LogP contribution in [0.1, 0.15) is 91.0 Å². The number of para-hydroxylation sites is 2. The van der Waals surface area contributed by atoms with Crippen LogP contribution in [0.3, 0.4) is 0 Å². The van der Waals surface area contributed by atoms with Crippen LogP contribution in [-0.4, -0.2) is 22.4 Å². The van der Waals surface area contributed by atoms with Crippen molar-refractivity contribution in [1.29, 1.82) is 0 Å². The van der Waals surface area contributed by atoms with Gasteiger partial charge in [-0.15, -0.1) is 29.3 Å². The number of benzene rings is 6. The van der Waals surface area contributed by atoms with Gasteiger partial charge in [0.2, 0.25) is 0 Å². The zero-order valence-electron chi connectivity index (χ0n) is 43.0. The van der Waals surface area contributed by atoms with Gasteiger partial charge in [-0.2, -0.15) is 0 Å². The topological polar surface area (TPSA) is 50.5 Å². The third-order valence-electron chi connectivity index (χ3n) is 9.66. The van der Waals surface area contributed by atoms with Gasteiger partial charge >= 0.3 is 0 Å². The fourth-order valence-corrected chi connectivity index (χ4v) is 7.10. The number of rotatable bonds is 4. The number of hydrogen-bond acceptors (Lipinski definition) is 6. The van der Waals surface area contributed by atoms with Crippen LogP contribution < -0.4 is 0 Å². The molecular weight excluding hydrogens is 889 g/mol. The zero-order valence-corrected chi connectivity index (χ0v) is 44.6. The SMILES string of the molecule is C1=Nc2ccccc2C1.C=CCC.CC=CC.CC=CC.CC=CC.CC=Cc1ccc2c(c1)N=CC2.CC=Cc1ccc2ncsc2c1.c1ccc(-c2ccccc2)cc1.c1ccc2scnc2c1. The Bertz CT molecular complexity index is 2700. The maximum absolute atomic E-state index is 4.28. The van der Waals surface area contributed by atoms with Crippen LogP contribution in [0, 0.1) is 0 Å². The van der Waals surface area contributed by atoms with E-state index in [4.69, 9.17) is 0 Å². The summed E-state index contributed by atoms with van der Waals surface area (Å²) >= 11 is 3.36. The van der Waals surface area contributed by atoms with Crippen LogP contribution in [0.2, 0.25) is 0 Å². The van der Waals surface area contributed by atoms with E-state index in [0.717, 1.165) is 41.7 Å². The number of nitrogens with zero attached hydrogens (tertiary/aromatic N) is 4. The molecule has 0 N–H and O–H groups in total. The van der Waals surface area contributed by atoms with Gasteiger partial charge in [0.15, 0.2) is 0 Å². The average molecular weight is 963 g/mol. The first kappa shape index (κ1) is 59.0. The van der Waals surface area contributed by atoms with Crippen molar-refractivity contribution in [2.45, 2.75) is 81.6 Å². The molecule has 4 nitrogen and oxygen atoms in total. The second-order valence-electron chi connectivity index (χ2n) is 14.9. The minimum atomic E-state index is 0.992. The molecule has 2 aromatic heterocycles. The second-order valence-corrected chi connectivity index (χ2v) is 16.6. The summed E-state index contributed by atoms with van der Waals surface area (Å²) in [5.41, 5.74) is 15.9. The molecular formula is C64H74N4S2. The smallest absolute Gasteiger partial charge is 0.0812 e. The number of thiazole rings is 2. The predicted molar refractivity (Wildman–Crippen MR) is 319 cm³/mol. The Morgan fingerprint density at radius 1 is 0.443 bits per heavy atom. The summed E-state index contributed by atoms with van der Waals surface area (Å²) in [6, 6.07) is 49.8. The quantitative estimate of drug-likeness (QED) is 0.165. The largest absolute Gasteiger partial charge is 0.261 e. The van der Waals surface area contributed by atoms with Crippen molar-refractivity contribution in [1.82, 2.24) is 9.97 Å². The molecule has 8 aromatic rings. The molecule has 0 atom stereocenters. The van der Waals surface area contributed by atoms with Gasteiger partial charge < -0.3 is 0 Å². The maximum Gasteiger partial charge on any atom is 0.0812 e. The number of hydrogen-bond donors (Lipinski definition) is 0. The van der Waals surface area contributed by atoms with Crippen LogP contribution in [-0.2, 0) is 12.8 Å². The Hall–Kier alpha value is -7.12. The fourth-order valence-electron chi connectivity index (χ4n) is 5.70. The van der Waals surface area contributed by atoms with E-state index in [1.807, 2.05) is 182 Å². The van der Waals surface area contributed by atoms with E-state index in [9.17, 15) is 0 Å². The molecule has 0 radical (unpaired) electrons. The molecule has 6 heteroatoms. The summed E-state index contributed by atoms with van der Waals surface area (Å²) in [5.74, 6) is 0. The Labute approximate surface area is 429 Å². The number of fused-ring (bicyclic) bond motifs is 4. The minimum absolute atomic E-state index is 0.992. The lowest BCUT2D eigenvalue weighted by molar-refractivity contribution is 1.23. The lowest BCUT2D eigenvalue weighted by Crippen LogP contribution is -1.78. The standard InChI is InChI=1S/C12H10.C11H11N.C10H9NS.C8H7N.C7H5NS.4C4H8/c1-3-7-11(8-4-1)12-9-5-2-6-10-12;1-2-3-9-4-5-10-6-7-12-11(10)8-9;1-2-3-8-4-5-9-10(6-8)12-7-11-9;1-2-4-8-7(3-1)5-6-9-8;1-2-4-7-6(3-1)8-5-9-7;4*1-3-4-2/h1-10H;2-5,7-8H,6H2,1H3;2-7H,1H3;1-4,6H,5H2;1-5H;3*3-4H,1-2H3;3H,1,4H2,2H3. The predicted octanol–water partition coefficient (Wildman–Crippen LogP) is 20.2. The van der Waals surface area contributed by atoms with Gasteiger partial charge in [0.05, 0.1) is 42.8 Å². The highest BCUT2D eigenvalue weighted by Crippen LogP contribution is 2.26. The van der Waals surface area contributed by atoms with Crippen LogP contribution in [0.25, 0.3) is 43.7 Å². The van der Waals surface area contributed by atoms with Crippen molar-refractivity contribution in [3.63, 3.8) is 0 Å². The van der Waals surface area contributed by atoms with E-state index >= 15 is 0 Å². The van der Waals surface area contributed by atoms with Crippen LogP contribution in [0.4, 0.5) is 11.4 Å². The first-order valence-electron chi connectivity index (χ1n) is 23.9. The van der Waals surface area contributed by atoms with Gasteiger partial charge in [0, 0.05) is 25.3 Å². The molecule has 0 bridgehead atoms. The van der Waals surface area contributed by atoms with E-state index in [1.54, 1.807) is 22.7 Å². The number of aliphatic imine (C=N–C) groups is 2. The monoisotopic (exact) mass is 963 g/mol. The molecule has 4 heterocycles. The molecule has 0 fully saturated rings. The van der Waals surface area contributed by atoms with Crippen molar-refractivity contribution in [2.24, 2.45) is 9.98 Å². The summed E-state index contributed by atoms with van der Waals surface area (Å²) in [4.78, 5) is 16.8. The van der Waals surface area contributed by atoms with E-state index in [1.165, 1.54) is 42.8 Å². The molecule has 6 aromatic carbocycles. The molecule has 2 aliphatic rings. The molecule has 0 unspecified atom stereocenters. The molecule has 10 rings (SSSR count). The van der Waals surface area contributed by atoms with Gasteiger partial charge in [0.25, 0.3) is 0 Å². The van der Waals surface area contributed by atoms with Gasteiger partial charge in [-0.05, 0) is 132 Å². The van der Waals surface area contributed by atoms with Crippen molar-refractivity contribution in [2.75, 3.05) is 0 Å². The van der Waals surface area contributed by atoms with Crippen molar-refractivity contribution >= 4 is 79.1 Å². The first-order valence-corrected chi connectivity index (χ1v) is 25.7. The van der Waals surface area contributed by atoms with Crippen molar-refractivity contribution in [3.05, 3.63) is 240 Å². The zero-order chi connectivity index (χ0) is 50.9. The van der Waals surface area contributed by atoms with Crippen molar-refractivity contribution < 1.29 is 0 Å². The Morgan fingerprint density at radius 3 is 1.37 bits per heavy atom.